The smallest absolute Gasteiger partial charge is 0.310 e. The highest BCUT2D eigenvalue weighted by molar-refractivity contribution is 5.75. The van der Waals surface area contributed by atoms with Crippen LogP contribution in [-0.4, -0.2) is 35.6 Å². The van der Waals surface area contributed by atoms with E-state index in [2.05, 4.69) is 25.7 Å². The zero-order valence-electron chi connectivity index (χ0n) is 13.4. The first-order valence-corrected chi connectivity index (χ1v) is 8.39. The summed E-state index contributed by atoms with van der Waals surface area (Å²) < 4.78 is 0. The molecule has 0 bridgehead atoms. The number of rotatable bonds is 4. The minimum absolute atomic E-state index is 0.470. The molecule has 0 spiro atoms. The third kappa shape index (κ3) is 3.55. The number of carboxylic acid groups (broad SMARTS) is 1. The molecular formula is C17H31NO2. The number of carbonyl (C=O) groups is 1. The summed E-state index contributed by atoms with van der Waals surface area (Å²) in [5.74, 6) is 1.60. The molecule has 1 saturated carbocycles. The monoisotopic (exact) mass is 281 g/mol. The van der Waals surface area contributed by atoms with Crippen molar-refractivity contribution in [2.45, 2.75) is 59.3 Å². The van der Waals surface area contributed by atoms with Gasteiger partial charge in [-0.3, -0.25) is 4.79 Å². The summed E-state index contributed by atoms with van der Waals surface area (Å²) in [5, 5.41) is 9.75. The lowest BCUT2D eigenvalue weighted by Crippen LogP contribution is -2.48. The Balaban J connectivity index is 1.95. The number of likely N-dealkylation sites (tertiary alicyclic amines) is 1. The zero-order valence-corrected chi connectivity index (χ0v) is 13.4. The summed E-state index contributed by atoms with van der Waals surface area (Å²) in [6, 6.07) is 0. The maximum atomic E-state index is 11.8. The first-order chi connectivity index (χ1) is 9.43. The average Bonchev–Trinajstić information content (AvgIpc) is 2.39. The van der Waals surface area contributed by atoms with Gasteiger partial charge in [-0.2, -0.15) is 0 Å². The molecule has 0 radical (unpaired) electrons. The first kappa shape index (κ1) is 15.8. The van der Waals surface area contributed by atoms with Crippen LogP contribution in [-0.2, 0) is 4.79 Å². The van der Waals surface area contributed by atoms with Crippen molar-refractivity contribution in [1.82, 2.24) is 4.90 Å². The highest BCUT2D eigenvalue weighted by atomic mass is 16.4. The van der Waals surface area contributed by atoms with E-state index in [1.807, 2.05) is 0 Å². The van der Waals surface area contributed by atoms with Gasteiger partial charge in [0.25, 0.3) is 0 Å². The van der Waals surface area contributed by atoms with Crippen LogP contribution in [0, 0.1) is 23.2 Å². The number of aliphatic carboxylic acids is 1. The van der Waals surface area contributed by atoms with Gasteiger partial charge >= 0.3 is 5.97 Å². The van der Waals surface area contributed by atoms with Crippen LogP contribution < -0.4 is 0 Å². The van der Waals surface area contributed by atoms with Crippen molar-refractivity contribution in [3.05, 3.63) is 0 Å². The van der Waals surface area contributed by atoms with Gasteiger partial charge in [-0.1, -0.05) is 33.6 Å². The zero-order chi connectivity index (χ0) is 14.8. The second-order valence-corrected chi connectivity index (χ2v) is 7.64. The van der Waals surface area contributed by atoms with Gasteiger partial charge in [-0.05, 0) is 56.5 Å². The van der Waals surface area contributed by atoms with E-state index in [4.69, 9.17) is 0 Å². The Kier molecular flexibility index (Phi) is 5.11. The molecule has 1 aliphatic carbocycles. The van der Waals surface area contributed by atoms with Crippen molar-refractivity contribution in [3.63, 3.8) is 0 Å². The molecule has 1 aliphatic heterocycles. The van der Waals surface area contributed by atoms with Crippen molar-refractivity contribution in [3.8, 4) is 0 Å². The predicted molar refractivity (Wildman–Crippen MR) is 81.7 cm³/mol. The molecule has 1 saturated heterocycles. The van der Waals surface area contributed by atoms with E-state index >= 15 is 0 Å². The number of piperidine rings is 1. The van der Waals surface area contributed by atoms with E-state index in [1.54, 1.807) is 0 Å². The van der Waals surface area contributed by atoms with E-state index in [9.17, 15) is 9.90 Å². The van der Waals surface area contributed by atoms with Crippen LogP contribution in [0.1, 0.15) is 59.3 Å². The Morgan fingerprint density at radius 3 is 2.45 bits per heavy atom. The Hall–Kier alpha value is -0.570. The third-order valence-electron chi connectivity index (χ3n) is 5.65. The summed E-state index contributed by atoms with van der Waals surface area (Å²) in [5.41, 5.74) is -0.470. The van der Waals surface area contributed by atoms with Gasteiger partial charge in [0.2, 0.25) is 0 Å². The number of carboxylic acids is 1. The van der Waals surface area contributed by atoms with Gasteiger partial charge in [0.1, 0.15) is 0 Å². The fourth-order valence-electron chi connectivity index (χ4n) is 4.27. The lowest BCUT2D eigenvalue weighted by molar-refractivity contribution is -0.154. The summed E-state index contributed by atoms with van der Waals surface area (Å²) in [7, 11) is 0. The maximum absolute atomic E-state index is 11.8. The van der Waals surface area contributed by atoms with Crippen molar-refractivity contribution >= 4 is 5.97 Å². The van der Waals surface area contributed by atoms with Gasteiger partial charge in [0, 0.05) is 6.54 Å². The summed E-state index contributed by atoms with van der Waals surface area (Å²) >= 11 is 0. The van der Waals surface area contributed by atoms with Crippen LogP contribution in [0.25, 0.3) is 0 Å². The summed E-state index contributed by atoms with van der Waals surface area (Å²) in [6.45, 7) is 9.78. The van der Waals surface area contributed by atoms with Crippen LogP contribution in [0.2, 0.25) is 0 Å². The molecule has 2 fully saturated rings. The molecule has 0 aromatic heterocycles. The number of nitrogens with zero attached hydrogens (tertiary/aromatic N) is 1. The van der Waals surface area contributed by atoms with E-state index in [0.29, 0.717) is 5.92 Å². The molecule has 1 N–H and O–H groups in total. The maximum Gasteiger partial charge on any atom is 0.310 e. The molecule has 1 heterocycles. The normalized spacial score (nSPS) is 33.5. The van der Waals surface area contributed by atoms with Crippen LogP contribution in [0.15, 0.2) is 0 Å². The van der Waals surface area contributed by atoms with Crippen molar-refractivity contribution < 1.29 is 9.90 Å². The topological polar surface area (TPSA) is 40.5 Å². The van der Waals surface area contributed by atoms with Gasteiger partial charge in [-0.25, -0.2) is 0 Å². The first-order valence-electron chi connectivity index (χ1n) is 8.39. The molecule has 2 rings (SSSR count). The Labute approximate surface area is 123 Å². The molecule has 2 aliphatic rings. The highest BCUT2D eigenvalue weighted by Crippen LogP contribution is 2.41. The number of hydrogen-bond donors (Lipinski definition) is 1. The largest absolute Gasteiger partial charge is 0.481 e. The second kappa shape index (κ2) is 6.46. The lowest BCUT2D eigenvalue weighted by atomic mass is 9.69. The highest BCUT2D eigenvalue weighted by Gasteiger charge is 2.43. The molecular weight excluding hydrogens is 250 g/mol. The quantitative estimate of drug-likeness (QED) is 0.855. The van der Waals surface area contributed by atoms with Crippen LogP contribution >= 0.6 is 0 Å². The fraction of sp³-hybridized carbons (Fsp3) is 0.941. The van der Waals surface area contributed by atoms with Gasteiger partial charge in [0.15, 0.2) is 0 Å². The van der Waals surface area contributed by atoms with E-state index < -0.39 is 11.4 Å². The second-order valence-electron chi connectivity index (χ2n) is 7.64. The number of hydrogen-bond acceptors (Lipinski definition) is 2. The molecule has 116 valence electrons. The SMILES string of the molecule is CC1CCCC(CN2CCC(C(C)C)CC2)(C(=O)O)C1. The molecule has 3 nitrogen and oxygen atoms in total. The fourth-order valence-corrected chi connectivity index (χ4v) is 4.27. The lowest BCUT2D eigenvalue weighted by Gasteiger charge is -2.42. The molecule has 0 aromatic carbocycles. The van der Waals surface area contributed by atoms with Gasteiger partial charge < -0.3 is 10.0 Å². The molecule has 3 heteroatoms. The van der Waals surface area contributed by atoms with E-state index in [0.717, 1.165) is 50.7 Å². The Bertz CT molecular complexity index is 334. The predicted octanol–water partition coefficient (Wildman–Crippen LogP) is 3.64. The molecule has 0 aromatic rings. The van der Waals surface area contributed by atoms with Crippen LogP contribution in [0.5, 0.6) is 0 Å². The molecule has 0 amide bonds. The molecule has 20 heavy (non-hydrogen) atoms. The summed E-state index contributed by atoms with van der Waals surface area (Å²) in [4.78, 5) is 14.3. The van der Waals surface area contributed by atoms with E-state index in [1.165, 1.54) is 19.3 Å². The van der Waals surface area contributed by atoms with Crippen molar-refractivity contribution in [2.75, 3.05) is 19.6 Å². The standard InChI is InChI=1S/C17H31NO2/c1-13(2)15-6-9-18(10-7-15)12-17(16(19)20)8-4-5-14(3)11-17/h13-15H,4-12H2,1-3H3,(H,19,20). The molecule has 2 unspecified atom stereocenters. The van der Waals surface area contributed by atoms with Crippen molar-refractivity contribution in [1.29, 1.82) is 0 Å². The Morgan fingerprint density at radius 2 is 1.95 bits per heavy atom. The molecule has 2 atom stereocenters. The van der Waals surface area contributed by atoms with Gasteiger partial charge in [0.05, 0.1) is 5.41 Å². The summed E-state index contributed by atoms with van der Waals surface area (Å²) in [6.07, 6.45) is 6.50. The minimum atomic E-state index is -0.560. The van der Waals surface area contributed by atoms with E-state index in [-0.39, 0.29) is 0 Å². The van der Waals surface area contributed by atoms with Crippen molar-refractivity contribution in [2.24, 2.45) is 23.2 Å². The van der Waals surface area contributed by atoms with Crippen LogP contribution in [0.3, 0.4) is 0 Å². The average molecular weight is 281 g/mol. The van der Waals surface area contributed by atoms with Crippen LogP contribution in [0.4, 0.5) is 0 Å². The third-order valence-corrected chi connectivity index (χ3v) is 5.65. The minimum Gasteiger partial charge on any atom is -0.481 e. The van der Waals surface area contributed by atoms with Gasteiger partial charge in [-0.15, -0.1) is 0 Å². The Morgan fingerprint density at radius 1 is 1.30 bits per heavy atom.